The van der Waals surface area contributed by atoms with Crippen molar-refractivity contribution in [2.45, 2.75) is 11.8 Å². The van der Waals surface area contributed by atoms with E-state index >= 15 is 0 Å². The first kappa shape index (κ1) is 21.8. The number of nitrogens with zero attached hydrogens (tertiary/aromatic N) is 5. The van der Waals surface area contributed by atoms with Gasteiger partial charge in [-0.2, -0.15) is 9.57 Å². The second kappa shape index (κ2) is 8.40. The number of carbonyl (C=O) groups excluding carboxylic acids is 1. The van der Waals surface area contributed by atoms with Gasteiger partial charge >= 0.3 is 0 Å². The molecule has 11 heteroatoms. The number of furan rings is 1. The Morgan fingerprint density at radius 3 is 2.50 bits per heavy atom. The van der Waals surface area contributed by atoms with E-state index in [2.05, 4.69) is 10.1 Å². The molecule has 0 radical (unpaired) electrons. The third-order valence-corrected chi connectivity index (χ3v) is 7.68. The summed E-state index contributed by atoms with van der Waals surface area (Å²) in [6.07, 6.45) is 1.52. The van der Waals surface area contributed by atoms with Gasteiger partial charge in [-0.1, -0.05) is 5.16 Å². The minimum Gasteiger partial charge on any atom is -0.463 e. The van der Waals surface area contributed by atoms with E-state index < -0.39 is 10.0 Å². The van der Waals surface area contributed by atoms with Crippen molar-refractivity contribution in [1.29, 1.82) is 5.26 Å². The first-order chi connectivity index (χ1) is 16.4. The SMILES string of the molecule is Cc1noc2nc(-c3ccco3)cc(C(=O)N3CCN(S(=O)(=O)c4ccc(C#N)cc4)CC3)c12. The number of hydrogen-bond acceptors (Lipinski definition) is 8. The fraction of sp³-hybridized carbons (Fsp3) is 0.217. The first-order valence-electron chi connectivity index (χ1n) is 10.5. The molecule has 1 aromatic carbocycles. The van der Waals surface area contributed by atoms with Crippen LogP contribution >= 0.6 is 0 Å². The predicted molar refractivity (Wildman–Crippen MR) is 120 cm³/mol. The van der Waals surface area contributed by atoms with Crippen molar-refractivity contribution in [1.82, 2.24) is 19.3 Å². The van der Waals surface area contributed by atoms with Gasteiger partial charge in [-0.3, -0.25) is 4.79 Å². The van der Waals surface area contributed by atoms with Crippen molar-refractivity contribution >= 4 is 27.0 Å². The van der Waals surface area contributed by atoms with E-state index in [1.807, 2.05) is 6.07 Å². The van der Waals surface area contributed by atoms with Crippen LogP contribution in [0.4, 0.5) is 0 Å². The first-order valence-corrected chi connectivity index (χ1v) is 11.9. The van der Waals surface area contributed by atoms with Crippen LogP contribution in [0.2, 0.25) is 0 Å². The summed E-state index contributed by atoms with van der Waals surface area (Å²) in [5, 5.41) is 13.4. The van der Waals surface area contributed by atoms with Crippen molar-refractivity contribution in [3.05, 3.63) is 65.5 Å². The minimum absolute atomic E-state index is 0.116. The van der Waals surface area contributed by atoms with Crippen molar-refractivity contribution in [3.8, 4) is 17.5 Å². The van der Waals surface area contributed by atoms with Gasteiger partial charge in [0.05, 0.1) is 39.4 Å². The van der Waals surface area contributed by atoms with Crippen LogP contribution < -0.4 is 0 Å². The van der Waals surface area contributed by atoms with Crippen molar-refractivity contribution in [3.63, 3.8) is 0 Å². The lowest BCUT2D eigenvalue weighted by Gasteiger charge is -2.34. The molecule has 0 unspecified atom stereocenters. The molecule has 1 fully saturated rings. The lowest BCUT2D eigenvalue weighted by molar-refractivity contribution is 0.0699. The van der Waals surface area contributed by atoms with Gasteiger partial charge in [-0.15, -0.1) is 0 Å². The standard InChI is InChI=1S/C23H19N5O5S/c1-15-21-18(13-19(20-3-2-12-32-20)25-22(21)33-26-15)23(29)27-8-10-28(11-9-27)34(30,31)17-6-4-16(14-24)5-7-17/h2-7,12-13H,8-11H2,1H3. The maximum absolute atomic E-state index is 13.5. The molecule has 4 aromatic rings. The summed E-state index contributed by atoms with van der Waals surface area (Å²) < 4.78 is 38.1. The second-order valence-electron chi connectivity index (χ2n) is 7.81. The van der Waals surface area contributed by atoms with E-state index in [1.54, 1.807) is 30.0 Å². The molecule has 0 spiro atoms. The smallest absolute Gasteiger partial charge is 0.259 e. The zero-order valence-electron chi connectivity index (χ0n) is 18.1. The fourth-order valence-corrected chi connectivity index (χ4v) is 5.39. The number of piperazine rings is 1. The number of pyridine rings is 1. The molecule has 0 N–H and O–H groups in total. The van der Waals surface area contributed by atoms with Crippen LogP contribution in [0, 0.1) is 18.3 Å². The zero-order chi connectivity index (χ0) is 23.9. The van der Waals surface area contributed by atoms with Gasteiger partial charge in [0.15, 0.2) is 5.76 Å². The Kier molecular flexibility index (Phi) is 5.39. The zero-order valence-corrected chi connectivity index (χ0v) is 18.9. The van der Waals surface area contributed by atoms with Crippen LogP contribution in [0.1, 0.15) is 21.6 Å². The molecule has 0 saturated carbocycles. The van der Waals surface area contributed by atoms with Crippen LogP contribution in [0.3, 0.4) is 0 Å². The Bertz CT molecular complexity index is 1510. The third-order valence-electron chi connectivity index (χ3n) is 5.77. The third kappa shape index (κ3) is 3.72. The summed E-state index contributed by atoms with van der Waals surface area (Å²) in [4.78, 5) is 19.6. The maximum Gasteiger partial charge on any atom is 0.259 e. The van der Waals surface area contributed by atoms with E-state index in [-0.39, 0.29) is 42.7 Å². The van der Waals surface area contributed by atoms with E-state index in [0.717, 1.165) is 0 Å². The fourth-order valence-electron chi connectivity index (χ4n) is 3.97. The number of aryl methyl sites for hydroxylation is 1. The topological polar surface area (TPSA) is 134 Å². The molecular formula is C23H19N5O5S. The highest BCUT2D eigenvalue weighted by Crippen LogP contribution is 2.29. The summed E-state index contributed by atoms with van der Waals surface area (Å²) >= 11 is 0. The van der Waals surface area contributed by atoms with E-state index in [4.69, 9.17) is 14.2 Å². The van der Waals surface area contributed by atoms with Gasteiger partial charge in [0.2, 0.25) is 10.0 Å². The van der Waals surface area contributed by atoms with Crippen molar-refractivity contribution in [2.75, 3.05) is 26.2 Å². The van der Waals surface area contributed by atoms with Gasteiger partial charge in [0.1, 0.15) is 5.69 Å². The summed E-state index contributed by atoms with van der Waals surface area (Å²) in [5.41, 5.74) is 1.98. The highest BCUT2D eigenvalue weighted by molar-refractivity contribution is 7.89. The predicted octanol–water partition coefficient (Wildman–Crippen LogP) is 2.81. The summed E-state index contributed by atoms with van der Waals surface area (Å²) in [5.74, 6) is 0.227. The monoisotopic (exact) mass is 477 g/mol. The number of rotatable bonds is 4. The Balaban J connectivity index is 1.39. The van der Waals surface area contributed by atoms with Gasteiger partial charge in [0.25, 0.3) is 11.6 Å². The average Bonchev–Trinajstić information content (AvgIpc) is 3.54. The summed E-state index contributed by atoms with van der Waals surface area (Å²) in [6.45, 7) is 2.47. The Morgan fingerprint density at radius 2 is 1.85 bits per heavy atom. The molecule has 1 aliphatic heterocycles. The molecule has 172 valence electrons. The highest BCUT2D eigenvalue weighted by atomic mass is 32.2. The number of hydrogen-bond donors (Lipinski definition) is 0. The lowest BCUT2D eigenvalue weighted by atomic mass is 10.1. The molecular weight excluding hydrogens is 458 g/mol. The molecule has 34 heavy (non-hydrogen) atoms. The van der Waals surface area contributed by atoms with Gasteiger partial charge in [0, 0.05) is 26.2 Å². The molecule has 5 rings (SSSR count). The van der Waals surface area contributed by atoms with Gasteiger partial charge < -0.3 is 13.8 Å². The molecule has 1 saturated heterocycles. The number of sulfonamides is 1. The van der Waals surface area contributed by atoms with E-state index in [0.29, 0.717) is 33.7 Å². The lowest BCUT2D eigenvalue weighted by Crippen LogP contribution is -2.50. The molecule has 10 nitrogen and oxygen atoms in total. The average molecular weight is 478 g/mol. The van der Waals surface area contributed by atoms with Crippen LogP contribution in [-0.2, 0) is 10.0 Å². The minimum atomic E-state index is -3.73. The van der Waals surface area contributed by atoms with E-state index in [1.165, 1.54) is 34.8 Å². The maximum atomic E-state index is 13.5. The molecule has 0 atom stereocenters. The Labute approximate surface area is 195 Å². The van der Waals surface area contributed by atoms with Gasteiger partial charge in [-0.25, -0.2) is 13.4 Å². The summed E-state index contributed by atoms with van der Waals surface area (Å²) in [6, 6.07) is 12.9. The van der Waals surface area contributed by atoms with Crippen LogP contribution in [-0.4, -0.2) is 59.8 Å². The number of amides is 1. The molecule has 1 amide bonds. The molecule has 0 aliphatic carbocycles. The second-order valence-corrected chi connectivity index (χ2v) is 9.75. The number of fused-ring (bicyclic) bond motifs is 1. The quantitative estimate of drug-likeness (QED) is 0.438. The van der Waals surface area contributed by atoms with Gasteiger partial charge in [-0.05, 0) is 49.4 Å². The number of aromatic nitrogens is 2. The summed E-state index contributed by atoms with van der Waals surface area (Å²) in [7, 11) is -3.73. The highest BCUT2D eigenvalue weighted by Gasteiger charge is 2.32. The van der Waals surface area contributed by atoms with Crippen LogP contribution in [0.5, 0.6) is 0 Å². The number of carbonyl (C=O) groups is 1. The molecule has 1 aliphatic rings. The Morgan fingerprint density at radius 1 is 1.12 bits per heavy atom. The Hall–Kier alpha value is -4.01. The van der Waals surface area contributed by atoms with Crippen molar-refractivity contribution in [2.24, 2.45) is 0 Å². The van der Waals surface area contributed by atoms with Crippen LogP contribution in [0.25, 0.3) is 22.6 Å². The number of nitriles is 1. The largest absolute Gasteiger partial charge is 0.463 e. The van der Waals surface area contributed by atoms with Crippen molar-refractivity contribution < 1.29 is 22.2 Å². The molecule has 3 aromatic heterocycles. The molecule has 0 bridgehead atoms. The molecule has 4 heterocycles. The van der Waals surface area contributed by atoms with Crippen LogP contribution in [0.15, 0.2) is 62.6 Å². The van der Waals surface area contributed by atoms with E-state index in [9.17, 15) is 13.2 Å². The number of benzene rings is 1. The normalized spacial score (nSPS) is 14.9.